The molecule has 118 valence electrons. The quantitative estimate of drug-likeness (QED) is 0.194. The summed E-state index contributed by atoms with van der Waals surface area (Å²) in [5.41, 5.74) is 9.01. The third-order valence-electron chi connectivity index (χ3n) is 2.44. The number of rotatable bonds is 1. The maximum absolute atomic E-state index is 10.7. The molecule has 0 saturated carbocycles. The summed E-state index contributed by atoms with van der Waals surface area (Å²) in [6, 6.07) is 13.7. The van der Waals surface area contributed by atoms with Crippen LogP contribution >= 0.6 is 0 Å². The zero-order chi connectivity index (χ0) is 17.0. The summed E-state index contributed by atoms with van der Waals surface area (Å²) in [5, 5.41) is 31.5. The van der Waals surface area contributed by atoms with Crippen LogP contribution in [-0.4, -0.2) is 34.0 Å². The monoisotopic (exact) mass is 306 g/mol. The molecule has 7 nitrogen and oxygen atoms in total. The molecule has 0 atom stereocenters. The fourth-order valence-corrected chi connectivity index (χ4v) is 1.31. The van der Waals surface area contributed by atoms with E-state index in [4.69, 9.17) is 26.1 Å². The molecule has 0 aliphatic rings. The number of aromatic hydroxyl groups is 1. The third kappa shape index (κ3) is 7.29. The number of carbonyl (C=O) groups excluding carboxylic acids is 1. The number of nitrogens with one attached hydrogen (secondary N) is 1. The minimum absolute atomic E-state index is 0.0509. The van der Waals surface area contributed by atoms with Gasteiger partial charge in [-0.05, 0) is 30.7 Å². The van der Waals surface area contributed by atoms with Crippen molar-refractivity contribution in [1.29, 1.82) is 0 Å². The van der Waals surface area contributed by atoms with Gasteiger partial charge in [0.15, 0.2) is 0 Å². The second-order valence-electron chi connectivity index (χ2n) is 3.96. The van der Waals surface area contributed by atoms with Crippen LogP contribution in [0.5, 0.6) is 5.75 Å². The average molecular weight is 306 g/mol. The fraction of sp³-hybridized carbons (Fsp3) is 0.0714. The van der Waals surface area contributed by atoms with Crippen molar-refractivity contribution in [1.82, 2.24) is 5.48 Å². The van der Waals surface area contributed by atoms with E-state index in [1.165, 1.54) is 17.6 Å². The molecule has 0 saturated heterocycles. The summed E-state index contributed by atoms with van der Waals surface area (Å²) in [7, 11) is -0.750. The largest absolute Gasteiger partial charge is 0.507 e. The predicted octanol–water partition coefficient (Wildman–Crippen LogP) is 0.326. The van der Waals surface area contributed by atoms with E-state index in [0.717, 1.165) is 11.3 Å². The van der Waals surface area contributed by atoms with Crippen molar-refractivity contribution < 1.29 is 25.2 Å². The van der Waals surface area contributed by atoms with Crippen molar-refractivity contribution in [2.45, 2.75) is 6.92 Å². The number of phenolic OH excluding ortho intramolecular Hbond substituents is 1. The van der Waals surface area contributed by atoms with Gasteiger partial charge in [0.1, 0.15) is 5.75 Å². The van der Waals surface area contributed by atoms with Gasteiger partial charge in [0, 0.05) is 5.69 Å². The average Bonchev–Trinajstić information content (AvgIpc) is 2.51. The van der Waals surface area contributed by atoms with Crippen LogP contribution in [0, 0.1) is 6.92 Å². The van der Waals surface area contributed by atoms with Crippen LogP contribution in [0.1, 0.15) is 15.9 Å². The molecule has 2 aromatic carbocycles. The number of aryl methyl sites for hydroxylation is 1. The van der Waals surface area contributed by atoms with Crippen molar-refractivity contribution in [2.75, 3.05) is 5.73 Å². The van der Waals surface area contributed by atoms with Crippen molar-refractivity contribution in [3.8, 4) is 5.75 Å². The molecule has 2 rings (SSSR count). The Balaban J connectivity index is 0.000000352. The lowest BCUT2D eigenvalue weighted by Crippen LogP contribution is -2.18. The van der Waals surface area contributed by atoms with Gasteiger partial charge in [-0.15, -0.1) is 0 Å². The molecule has 0 aromatic heterocycles. The first-order chi connectivity index (χ1) is 10.5. The van der Waals surface area contributed by atoms with E-state index in [1.54, 1.807) is 12.1 Å². The van der Waals surface area contributed by atoms with Gasteiger partial charge in [-0.2, -0.15) is 0 Å². The van der Waals surface area contributed by atoms with E-state index in [2.05, 4.69) is 0 Å². The van der Waals surface area contributed by atoms with Gasteiger partial charge < -0.3 is 20.9 Å². The van der Waals surface area contributed by atoms with Gasteiger partial charge in [-0.1, -0.05) is 30.3 Å². The number of para-hydroxylation sites is 2. The van der Waals surface area contributed by atoms with Gasteiger partial charge in [0.25, 0.3) is 5.91 Å². The first-order valence-corrected chi connectivity index (χ1v) is 6.23. The molecule has 0 unspecified atom stereocenters. The maximum atomic E-state index is 10.7. The van der Waals surface area contributed by atoms with Gasteiger partial charge in [-0.3, -0.25) is 10.0 Å². The molecule has 22 heavy (non-hydrogen) atoms. The number of benzene rings is 2. The number of anilines is 1. The van der Waals surface area contributed by atoms with Crippen LogP contribution < -0.4 is 11.2 Å². The molecule has 0 radical (unpaired) electrons. The molecule has 8 heteroatoms. The number of nitrogens with two attached hydrogens (primary N) is 1. The molecule has 0 fully saturated rings. The Bertz CT molecular complexity index is 560. The standard InChI is InChI=1S/C7H7NO3.C7H9N.BH3O2/c9-6-4-2-1-3-5(6)7(10)8-11;1-6-4-2-3-5-7(6)8;2-1-3/h1-4,9,11H,(H,8,10);2-5H,8H2,1H3;1-3H. The molecule has 0 aliphatic heterocycles. The van der Waals surface area contributed by atoms with Crippen LogP contribution in [0.4, 0.5) is 5.69 Å². The smallest absolute Gasteiger partial charge is 0.432 e. The van der Waals surface area contributed by atoms with Crippen LogP contribution in [-0.2, 0) is 0 Å². The van der Waals surface area contributed by atoms with E-state index >= 15 is 0 Å². The Morgan fingerprint density at radius 2 is 1.59 bits per heavy atom. The number of hydrogen-bond acceptors (Lipinski definition) is 6. The van der Waals surface area contributed by atoms with Gasteiger partial charge in [-0.25, -0.2) is 5.48 Å². The van der Waals surface area contributed by atoms with E-state index in [-0.39, 0.29) is 11.3 Å². The van der Waals surface area contributed by atoms with Gasteiger partial charge >= 0.3 is 7.69 Å². The summed E-state index contributed by atoms with van der Waals surface area (Å²) in [6.45, 7) is 2.00. The highest BCUT2D eigenvalue weighted by atomic mass is 16.5. The molecule has 1 amide bonds. The highest BCUT2D eigenvalue weighted by molar-refractivity contribution is 6.13. The Morgan fingerprint density at radius 1 is 1.09 bits per heavy atom. The van der Waals surface area contributed by atoms with E-state index in [9.17, 15) is 4.79 Å². The van der Waals surface area contributed by atoms with Crippen molar-refractivity contribution in [3.63, 3.8) is 0 Å². The van der Waals surface area contributed by atoms with Gasteiger partial charge in [0.2, 0.25) is 0 Å². The maximum Gasteiger partial charge on any atom is 0.432 e. The Labute approximate surface area is 128 Å². The summed E-state index contributed by atoms with van der Waals surface area (Å²) < 4.78 is 0. The van der Waals surface area contributed by atoms with Gasteiger partial charge in [0.05, 0.1) is 5.56 Å². The first kappa shape index (κ1) is 19.5. The highest BCUT2D eigenvalue weighted by Crippen LogP contribution is 2.14. The summed E-state index contributed by atoms with van der Waals surface area (Å²) >= 11 is 0. The minimum Gasteiger partial charge on any atom is -0.507 e. The molecular formula is C14H19BN2O5. The second-order valence-corrected chi connectivity index (χ2v) is 3.96. The fourth-order valence-electron chi connectivity index (χ4n) is 1.31. The van der Waals surface area contributed by atoms with Crippen LogP contribution in [0.3, 0.4) is 0 Å². The van der Waals surface area contributed by atoms with Crippen molar-refractivity contribution in [3.05, 3.63) is 59.7 Å². The Morgan fingerprint density at radius 3 is 2.00 bits per heavy atom. The number of phenols is 1. The van der Waals surface area contributed by atoms with Crippen molar-refractivity contribution in [2.24, 2.45) is 0 Å². The highest BCUT2D eigenvalue weighted by Gasteiger charge is 2.07. The topological polar surface area (TPSA) is 136 Å². The lowest BCUT2D eigenvalue weighted by molar-refractivity contribution is 0.0703. The lowest BCUT2D eigenvalue weighted by atomic mass is 10.2. The number of nitrogen functional groups attached to an aromatic ring is 1. The number of carbonyl (C=O) groups is 1. The van der Waals surface area contributed by atoms with Crippen LogP contribution in [0.15, 0.2) is 48.5 Å². The SMILES string of the molecule is Cc1ccccc1N.O=C(NO)c1ccccc1O.OBO. The molecule has 0 spiro atoms. The number of hydroxylamine groups is 1. The van der Waals surface area contributed by atoms with E-state index in [1.807, 2.05) is 31.2 Å². The Kier molecular flexibility index (Phi) is 9.86. The lowest BCUT2D eigenvalue weighted by Gasteiger charge is -1.99. The molecule has 2 aromatic rings. The molecule has 0 aliphatic carbocycles. The molecule has 0 heterocycles. The summed E-state index contributed by atoms with van der Waals surface area (Å²) in [4.78, 5) is 10.7. The summed E-state index contributed by atoms with van der Waals surface area (Å²) in [5.74, 6) is -0.873. The minimum atomic E-state index is -0.750. The zero-order valence-corrected chi connectivity index (χ0v) is 12.1. The van der Waals surface area contributed by atoms with E-state index < -0.39 is 13.6 Å². The van der Waals surface area contributed by atoms with Crippen LogP contribution in [0.2, 0.25) is 0 Å². The normalized spacial score (nSPS) is 8.55. The molecular weight excluding hydrogens is 287 g/mol. The predicted molar refractivity (Wildman–Crippen MR) is 84.5 cm³/mol. The number of hydrogen-bond donors (Lipinski definition) is 6. The second kappa shape index (κ2) is 11.2. The number of amides is 1. The summed E-state index contributed by atoms with van der Waals surface area (Å²) in [6.07, 6.45) is 0. The van der Waals surface area contributed by atoms with Crippen molar-refractivity contribution >= 4 is 19.3 Å². The zero-order valence-electron chi connectivity index (χ0n) is 12.1. The molecule has 0 bridgehead atoms. The van der Waals surface area contributed by atoms with E-state index in [0.29, 0.717) is 0 Å². The molecule has 7 N–H and O–H groups in total. The third-order valence-corrected chi connectivity index (χ3v) is 2.44. The Hall–Kier alpha value is -2.55. The first-order valence-electron chi connectivity index (χ1n) is 6.23. The van der Waals surface area contributed by atoms with Crippen LogP contribution in [0.25, 0.3) is 0 Å².